The molecule has 0 aromatic carbocycles. The van der Waals surface area contributed by atoms with Gasteiger partial charge in [0.2, 0.25) is 15.9 Å². The number of carbonyl (C=O) groups excluding carboxylic acids is 1. The molecule has 6 nitrogen and oxygen atoms in total. The van der Waals surface area contributed by atoms with Gasteiger partial charge in [-0.05, 0) is 25.7 Å². The third-order valence-electron chi connectivity index (χ3n) is 4.60. The number of hydrogen-bond donors (Lipinski definition) is 0. The maximum absolute atomic E-state index is 12.2. The van der Waals surface area contributed by atoms with Gasteiger partial charge >= 0.3 is 0 Å². The molecule has 0 bridgehead atoms. The highest BCUT2D eigenvalue weighted by Gasteiger charge is 2.51. The predicted octanol–water partition coefficient (Wildman–Crippen LogP) is 0.438. The molecule has 20 heavy (non-hydrogen) atoms. The average molecular weight is 304 g/mol. The van der Waals surface area contributed by atoms with Gasteiger partial charge in [-0.3, -0.25) is 4.79 Å². The van der Waals surface area contributed by atoms with Crippen molar-refractivity contribution in [2.45, 2.75) is 44.2 Å². The van der Waals surface area contributed by atoms with E-state index in [0.29, 0.717) is 19.7 Å². The number of rotatable bonds is 3. The molecule has 0 aromatic heterocycles. The van der Waals surface area contributed by atoms with Crippen LogP contribution in [0.2, 0.25) is 0 Å². The van der Waals surface area contributed by atoms with Gasteiger partial charge in [-0.2, -0.15) is 4.31 Å². The highest BCUT2D eigenvalue weighted by atomic mass is 32.2. The van der Waals surface area contributed by atoms with Crippen molar-refractivity contribution in [3.05, 3.63) is 0 Å². The summed E-state index contributed by atoms with van der Waals surface area (Å²) in [5, 5.41) is 0. The molecule has 2 heterocycles. The van der Waals surface area contributed by atoms with Crippen LogP contribution in [0.15, 0.2) is 0 Å². The molecule has 0 N–H and O–H groups in total. The summed E-state index contributed by atoms with van der Waals surface area (Å²) in [5.41, 5.74) is -0.317. The number of piperidine rings is 1. The molecule has 2 fully saturated rings. The van der Waals surface area contributed by atoms with E-state index in [-0.39, 0.29) is 17.5 Å². The molecule has 2 saturated heterocycles. The zero-order valence-corrected chi connectivity index (χ0v) is 13.3. The van der Waals surface area contributed by atoms with Crippen molar-refractivity contribution in [1.82, 2.24) is 9.21 Å². The van der Waals surface area contributed by atoms with Gasteiger partial charge < -0.3 is 9.64 Å². The van der Waals surface area contributed by atoms with Gasteiger partial charge in [0.1, 0.15) is 0 Å². The van der Waals surface area contributed by atoms with Crippen LogP contribution in [0.3, 0.4) is 0 Å². The van der Waals surface area contributed by atoms with E-state index < -0.39 is 10.0 Å². The minimum atomic E-state index is -3.27. The van der Waals surface area contributed by atoms with E-state index in [9.17, 15) is 13.2 Å². The zero-order chi connectivity index (χ0) is 15.0. The van der Waals surface area contributed by atoms with Crippen LogP contribution in [0.5, 0.6) is 0 Å². The van der Waals surface area contributed by atoms with Crippen molar-refractivity contribution in [3.63, 3.8) is 0 Å². The molecule has 0 aromatic rings. The monoisotopic (exact) mass is 304 g/mol. The summed E-state index contributed by atoms with van der Waals surface area (Å²) in [4.78, 5) is 13.2. The van der Waals surface area contributed by atoms with Crippen molar-refractivity contribution in [3.8, 4) is 0 Å². The molecule has 7 heteroatoms. The third-order valence-corrected chi connectivity index (χ3v) is 6.00. The average Bonchev–Trinajstić information content (AvgIpc) is 2.69. The lowest BCUT2D eigenvalue weighted by Gasteiger charge is -2.45. The quantitative estimate of drug-likeness (QED) is 0.759. The number of sulfonamides is 1. The van der Waals surface area contributed by atoms with Crippen molar-refractivity contribution in [2.24, 2.45) is 0 Å². The van der Waals surface area contributed by atoms with Crippen LogP contribution < -0.4 is 0 Å². The molecule has 2 aliphatic heterocycles. The SMILES string of the molecule is COC[C@H]1CCC2(CCN(C(C)=O)CC2)N1S(C)(=O)=O. The number of methoxy groups -OCH3 is 1. The predicted molar refractivity (Wildman–Crippen MR) is 75.8 cm³/mol. The zero-order valence-electron chi connectivity index (χ0n) is 12.5. The summed E-state index contributed by atoms with van der Waals surface area (Å²) in [6.07, 6.45) is 4.42. The first kappa shape index (κ1) is 15.7. The van der Waals surface area contributed by atoms with Gasteiger partial charge in [0.05, 0.1) is 12.9 Å². The highest BCUT2D eigenvalue weighted by molar-refractivity contribution is 7.88. The first-order valence-corrected chi connectivity index (χ1v) is 8.89. The highest BCUT2D eigenvalue weighted by Crippen LogP contribution is 2.43. The van der Waals surface area contributed by atoms with E-state index in [4.69, 9.17) is 4.74 Å². The summed E-state index contributed by atoms with van der Waals surface area (Å²) in [6, 6.07) is -0.0705. The molecule has 116 valence electrons. The molecule has 1 atom stereocenters. The van der Waals surface area contributed by atoms with E-state index in [2.05, 4.69) is 0 Å². The van der Waals surface area contributed by atoms with Gasteiger partial charge in [-0.15, -0.1) is 0 Å². The summed E-state index contributed by atoms with van der Waals surface area (Å²) in [6.45, 7) is 3.28. The molecule has 2 rings (SSSR count). The topological polar surface area (TPSA) is 66.9 Å². The summed E-state index contributed by atoms with van der Waals surface area (Å²) in [5.74, 6) is 0.0668. The van der Waals surface area contributed by atoms with E-state index in [1.807, 2.05) is 0 Å². The fourth-order valence-corrected chi connectivity index (χ4v) is 5.41. The lowest BCUT2D eigenvalue weighted by atomic mass is 9.86. The van der Waals surface area contributed by atoms with Crippen LogP contribution in [0.1, 0.15) is 32.6 Å². The summed E-state index contributed by atoms with van der Waals surface area (Å²) in [7, 11) is -1.67. The smallest absolute Gasteiger partial charge is 0.219 e. The number of hydrogen-bond acceptors (Lipinski definition) is 4. The molecule has 0 saturated carbocycles. The lowest BCUT2D eigenvalue weighted by Crippen LogP contribution is -2.56. The summed E-state index contributed by atoms with van der Waals surface area (Å²) >= 11 is 0. The second kappa shape index (κ2) is 5.61. The molecule has 0 unspecified atom stereocenters. The fraction of sp³-hybridized carbons (Fsp3) is 0.923. The molecule has 0 radical (unpaired) electrons. The second-order valence-electron chi connectivity index (χ2n) is 5.94. The summed E-state index contributed by atoms with van der Waals surface area (Å²) < 4.78 is 31.2. The van der Waals surface area contributed by atoms with Crippen LogP contribution in [0.25, 0.3) is 0 Å². The second-order valence-corrected chi connectivity index (χ2v) is 7.80. The number of ether oxygens (including phenoxy) is 1. The van der Waals surface area contributed by atoms with Gasteiger partial charge in [-0.1, -0.05) is 0 Å². The molecule has 2 aliphatic rings. The van der Waals surface area contributed by atoms with Gasteiger partial charge in [0, 0.05) is 38.7 Å². The van der Waals surface area contributed by atoms with Crippen molar-refractivity contribution < 1.29 is 17.9 Å². The van der Waals surface area contributed by atoms with E-state index >= 15 is 0 Å². The molecule has 1 spiro atoms. The van der Waals surface area contributed by atoms with Crippen LogP contribution in [0.4, 0.5) is 0 Å². The van der Waals surface area contributed by atoms with Crippen LogP contribution in [-0.4, -0.2) is 68.2 Å². The molecular formula is C13H24N2O4S. The Kier molecular flexibility index (Phi) is 4.41. The Morgan fingerprint density at radius 3 is 2.35 bits per heavy atom. The first-order valence-electron chi connectivity index (χ1n) is 7.04. The molecule has 1 amide bonds. The van der Waals surface area contributed by atoms with Crippen LogP contribution >= 0.6 is 0 Å². The Hall–Kier alpha value is -0.660. The van der Waals surface area contributed by atoms with Crippen molar-refractivity contribution in [1.29, 1.82) is 0 Å². The van der Waals surface area contributed by atoms with Gasteiger partial charge in [-0.25, -0.2) is 8.42 Å². The Balaban J connectivity index is 2.21. The largest absolute Gasteiger partial charge is 0.383 e. The van der Waals surface area contributed by atoms with Crippen LogP contribution in [0, 0.1) is 0 Å². The minimum absolute atomic E-state index is 0.0668. The number of carbonyl (C=O) groups is 1. The van der Waals surface area contributed by atoms with E-state index in [0.717, 1.165) is 25.7 Å². The lowest BCUT2D eigenvalue weighted by molar-refractivity contribution is -0.130. The molecular weight excluding hydrogens is 280 g/mol. The van der Waals surface area contributed by atoms with Crippen molar-refractivity contribution >= 4 is 15.9 Å². The Bertz CT molecular complexity index is 469. The van der Waals surface area contributed by atoms with Crippen LogP contribution in [-0.2, 0) is 19.6 Å². The van der Waals surface area contributed by atoms with Gasteiger partial charge in [0.15, 0.2) is 0 Å². The first-order chi connectivity index (χ1) is 9.30. The van der Waals surface area contributed by atoms with E-state index in [1.165, 1.54) is 6.26 Å². The standard InChI is InChI=1S/C13H24N2O4S/c1-11(16)14-8-6-13(7-9-14)5-4-12(10-19-2)15(13)20(3,17)18/h12H,4-10H2,1-3H3/t12-/m1/s1. The van der Waals surface area contributed by atoms with E-state index in [1.54, 1.807) is 23.2 Å². The molecule has 0 aliphatic carbocycles. The normalized spacial score (nSPS) is 27.1. The minimum Gasteiger partial charge on any atom is -0.383 e. The van der Waals surface area contributed by atoms with Gasteiger partial charge in [0.25, 0.3) is 0 Å². The number of likely N-dealkylation sites (tertiary alicyclic amines) is 1. The van der Waals surface area contributed by atoms with Crippen molar-refractivity contribution in [2.75, 3.05) is 33.1 Å². The maximum atomic E-state index is 12.2. The third kappa shape index (κ3) is 2.84. The Morgan fingerprint density at radius 2 is 1.90 bits per heavy atom. The fourth-order valence-electron chi connectivity index (χ4n) is 3.72. The number of amides is 1. The Labute approximate surface area is 121 Å². The maximum Gasteiger partial charge on any atom is 0.219 e. The Morgan fingerprint density at radius 1 is 1.30 bits per heavy atom. The number of nitrogens with zero attached hydrogens (tertiary/aromatic N) is 2.